The lowest BCUT2D eigenvalue weighted by Crippen LogP contribution is -2.47. The summed E-state index contributed by atoms with van der Waals surface area (Å²) in [5.41, 5.74) is 8.60. The topological polar surface area (TPSA) is 105 Å². The molecule has 182 valence electrons. The van der Waals surface area contributed by atoms with Crippen molar-refractivity contribution in [2.75, 3.05) is 25.9 Å². The highest BCUT2D eigenvalue weighted by Gasteiger charge is 2.54. The SMILES string of the molecule is CN1CC2(CC(n3cc(-c4cccc(OCC56CCC(CC5)O6)c4)c4c(N)ncnc43)C2)OC1=O. The maximum absolute atomic E-state index is 11.9. The molecule has 5 heterocycles. The van der Waals surface area contributed by atoms with E-state index < -0.39 is 5.60 Å². The van der Waals surface area contributed by atoms with Crippen molar-refractivity contribution in [2.24, 2.45) is 0 Å². The normalized spacial score (nSPS) is 31.3. The zero-order valence-corrected chi connectivity index (χ0v) is 19.8. The van der Waals surface area contributed by atoms with E-state index in [2.05, 4.69) is 32.9 Å². The highest BCUT2D eigenvalue weighted by atomic mass is 16.6. The molecule has 0 unspecified atom stereocenters. The average Bonchev–Trinajstić information content (AvgIpc) is 3.60. The van der Waals surface area contributed by atoms with E-state index >= 15 is 0 Å². The number of nitrogen functional groups attached to an aromatic ring is 1. The largest absolute Gasteiger partial charge is 0.491 e. The molecule has 1 amide bonds. The van der Waals surface area contributed by atoms with Gasteiger partial charge in [-0.05, 0) is 43.4 Å². The van der Waals surface area contributed by atoms with Gasteiger partial charge in [0, 0.05) is 37.7 Å². The summed E-state index contributed by atoms with van der Waals surface area (Å²) < 4.78 is 20.2. The standard InChI is InChI=1S/C26H29N5O4/c1-30-13-26(35-24(30)32)10-17(11-26)31-12-20(21-22(27)28-15-29-23(21)31)16-3-2-4-19(9-16)33-14-25-7-5-18(34-25)6-8-25/h2-4,9,12,15,17-18H,5-8,10-11,13-14H2,1H3,(H2,27,28,29). The maximum atomic E-state index is 11.9. The van der Waals surface area contributed by atoms with Crippen molar-refractivity contribution < 1.29 is 19.0 Å². The number of anilines is 1. The van der Waals surface area contributed by atoms with E-state index in [0.717, 1.165) is 66.4 Å². The van der Waals surface area contributed by atoms with Crippen LogP contribution in [0, 0.1) is 0 Å². The van der Waals surface area contributed by atoms with Crippen LogP contribution in [0.15, 0.2) is 36.8 Å². The molecule has 35 heavy (non-hydrogen) atoms. The van der Waals surface area contributed by atoms with Crippen LogP contribution >= 0.6 is 0 Å². The minimum Gasteiger partial charge on any atom is -0.491 e. The molecular weight excluding hydrogens is 446 g/mol. The van der Waals surface area contributed by atoms with Crippen LogP contribution in [0.3, 0.4) is 0 Å². The van der Waals surface area contributed by atoms with Crippen LogP contribution in [-0.2, 0) is 9.47 Å². The second-order valence-corrected chi connectivity index (χ2v) is 10.7. The van der Waals surface area contributed by atoms with Crippen molar-refractivity contribution >= 4 is 22.9 Å². The Morgan fingerprint density at radius 3 is 2.77 bits per heavy atom. The number of ether oxygens (including phenoxy) is 3. The summed E-state index contributed by atoms with van der Waals surface area (Å²) in [4.78, 5) is 22.4. The molecule has 9 heteroatoms. The van der Waals surface area contributed by atoms with Gasteiger partial charge < -0.3 is 29.4 Å². The van der Waals surface area contributed by atoms with E-state index in [4.69, 9.17) is 19.9 Å². The third kappa shape index (κ3) is 3.28. The van der Waals surface area contributed by atoms with E-state index in [9.17, 15) is 4.79 Å². The first-order chi connectivity index (χ1) is 16.9. The first kappa shape index (κ1) is 21.0. The molecule has 7 rings (SSSR count). The lowest BCUT2D eigenvalue weighted by molar-refractivity contribution is -0.0400. The number of nitrogens with zero attached hydrogens (tertiary/aromatic N) is 4. The van der Waals surface area contributed by atoms with Crippen molar-refractivity contribution in [1.82, 2.24) is 19.4 Å². The molecule has 2 N–H and O–H groups in total. The third-order valence-corrected chi connectivity index (χ3v) is 8.30. The summed E-state index contributed by atoms with van der Waals surface area (Å²) in [6.07, 6.45) is 9.71. The lowest BCUT2D eigenvalue weighted by atomic mass is 9.75. The Bertz CT molecular complexity index is 1320. The highest BCUT2D eigenvalue weighted by Crippen LogP contribution is 2.49. The number of nitrogens with two attached hydrogens (primary N) is 1. The summed E-state index contributed by atoms with van der Waals surface area (Å²) in [5, 5.41) is 0.836. The number of fused-ring (bicyclic) bond motifs is 3. The van der Waals surface area contributed by atoms with Gasteiger partial charge in [0.2, 0.25) is 0 Å². The van der Waals surface area contributed by atoms with Crippen LogP contribution in [0.25, 0.3) is 22.2 Å². The molecule has 9 nitrogen and oxygen atoms in total. The fourth-order valence-corrected chi connectivity index (χ4v) is 6.46. The third-order valence-electron chi connectivity index (χ3n) is 8.30. The van der Waals surface area contributed by atoms with E-state index in [1.54, 1.807) is 11.9 Å². The molecule has 4 fully saturated rings. The number of hydrogen-bond acceptors (Lipinski definition) is 7. The number of rotatable bonds is 5. The van der Waals surface area contributed by atoms with Gasteiger partial charge in [-0.25, -0.2) is 14.8 Å². The van der Waals surface area contributed by atoms with Gasteiger partial charge >= 0.3 is 6.09 Å². The van der Waals surface area contributed by atoms with Gasteiger partial charge in [0.25, 0.3) is 0 Å². The smallest absolute Gasteiger partial charge is 0.410 e. The van der Waals surface area contributed by atoms with Gasteiger partial charge in [-0.3, -0.25) is 0 Å². The van der Waals surface area contributed by atoms with E-state index in [1.165, 1.54) is 6.33 Å². The van der Waals surface area contributed by atoms with Gasteiger partial charge in [-0.15, -0.1) is 0 Å². The molecule has 2 bridgehead atoms. The number of aromatic nitrogens is 3. The molecule has 1 spiro atoms. The zero-order valence-electron chi connectivity index (χ0n) is 19.8. The first-order valence-corrected chi connectivity index (χ1v) is 12.4. The van der Waals surface area contributed by atoms with Crippen molar-refractivity contribution in [1.29, 1.82) is 0 Å². The highest BCUT2D eigenvalue weighted by molar-refractivity contribution is 6.00. The molecule has 3 aromatic rings. The summed E-state index contributed by atoms with van der Waals surface area (Å²) in [5.74, 6) is 1.27. The summed E-state index contributed by atoms with van der Waals surface area (Å²) in [7, 11) is 1.78. The van der Waals surface area contributed by atoms with Crippen LogP contribution in [0.1, 0.15) is 44.6 Å². The van der Waals surface area contributed by atoms with Gasteiger partial charge in [0.15, 0.2) is 0 Å². The van der Waals surface area contributed by atoms with Crippen molar-refractivity contribution in [3.63, 3.8) is 0 Å². The molecule has 0 atom stereocenters. The van der Waals surface area contributed by atoms with Crippen molar-refractivity contribution in [2.45, 2.75) is 61.9 Å². The van der Waals surface area contributed by atoms with Crippen LogP contribution in [0.2, 0.25) is 0 Å². The first-order valence-electron chi connectivity index (χ1n) is 12.4. The Labute approximate surface area is 203 Å². The van der Waals surface area contributed by atoms with Crippen molar-refractivity contribution in [3.05, 3.63) is 36.8 Å². The fourth-order valence-electron chi connectivity index (χ4n) is 6.46. The molecule has 1 aromatic carbocycles. The monoisotopic (exact) mass is 475 g/mol. The Kier molecular flexibility index (Phi) is 4.40. The summed E-state index contributed by atoms with van der Waals surface area (Å²) in [6, 6.07) is 8.28. The van der Waals surface area contributed by atoms with E-state index in [1.807, 2.05) is 12.1 Å². The van der Waals surface area contributed by atoms with Crippen LogP contribution in [0.5, 0.6) is 5.75 Å². The Hall–Kier alpha value is -3.33. The Balaban J connectivity index is 1.18. The number of amides is 1. The minimum absolute atomic E-state index is 0.118. The van der Waals surface area contributed by atoms with Crippen molar-refractivity contribution in [3.8, 4) is 16.9 Å². The quantitative estimate of drug-likeness (QED) is 0.596. The van der Waals surface area contributed by atoms with E-state index in [-0.39, 0.29) is 17.7 Å². The van der Waals surface area contributed by atoms with Gasteiger partial charge in [-0.1, -0.05) is 12.1 Å². The summed E-state index contributed by atoms with van der Waals surface area (Å²) >= 11 is 0. The molecular formula is C26H29N5O4. The second-order valence-electron chi connectivity index (χ2n) is 10.7. The number of likely N-dealkylation sites (N-methyl/N-ethyl adjacent to an activating group) is 1. The molecule has 0 radical (unpaired) electrons. The Morgan fingerprint density at radius 1 is 1.23 bits per heavy atom. The number of carbonyl (C=O) groups is 1. The van der Waals surface area contributed by atoms with Gasteiger partial charge in [-0.2, -0.15) is 0 Å². The molecule has 2 aromatic heterocycles. The number of carbonyl (C=O) groups excluding carboxylic acids is 1. The molecule has 1 saturated carbocycles. The predicted octanol–water partition coefficient (Wildman–Crippen LogP) is 3.93. The summed E-state index contributed by atoms with van der Waals surface area (Å²) in [6.45, 7) is 1.20. The predicted molar refractivity (Wildman–Crippen MR) is 129 cm³/mol. The Morgan fingerprint density at radius 2 is 2.06 bits per heavy atom. The second kappa shape index (κ2) is 7.34. The van der Waals surface area contributed by atoms with Gasteiger partial charge in [0.05, 0.1) is 18.0 Å². The minimum atomic E-state index is -0.402. The lowest BCUT2D eigenvalue weighted by Gasteiger charge is -2.43. The van der Waals surface area contributed by atoms with Crippen LogP contribution in [-0.4, -0.2) is 63.0 Å². The van der Waals surface area contributed by atoms with Crippen LogP contribution in [0.4, 0.5) is 10.6 Å². The molecule has 4 aliphatic rings. The van der Waals surface area contributed by atoms with E-state index in [0.29, 0.717) is 25.1 Å². The molecule has 3 saturated heterocycles. The fraction of sp³-hybridized carbons (Fsp3) is 0.500. The molecule has 3 aliphatic heterocycles. The average molecular weight is 476 g/mol. The zero-order chi connectivity index (χ0) is 23.8. The number of hydrogen-bond donors (Lipinski definition) is 1. The van der Waals surface area contributed by atoms with Crippen LogP contribution < -0.4 is 10.5 Å². The van der Waals surface area contributed by atoms with Gasteiger partial charge in [0.1, 0.15) is 41.4 Å². The number of benzene rings is 1. The molecule has 1 aliphatic carbocycles. The maximum Gasteiger partial charge on any atom is 0.410 e.